The number of fused-ring (bicyclic) bond motifs is 1. The fraction of sp³-hybridized carbons (Fsp3) is 0.333. The van der Waals surface area contributed by atoms with Gasteiger partial charge in [0.25, 0.3) is 0 Å². The predicted molar refractivity (Wildman–Crippen MR) is 107 cm³/mol. The number of hydrogen-bond donors (Lipinski definition) is 2. The number of nitrogens with zero attached hydrogens (tertiary/aromatic N) is 5. The molecule has 0 spiro atoms. The molecule has 8 heteroatoms. The van der Waals surface area contributed by atoms with Gasteiger partial charge in [-0.3, -0.25) is 5.10 Å². The summed E-state index contributed by atoms with van der Waals surface area (Å²) in [6.45, 7) is 2.55. The van der Waals surface area contributed by atoms with Crippen LogP contribution in [0.15, 0.2) is 49.1 Å². The number of hydrogen-bond acceptors (Lipinski definition) is 6. The lowest BCUT2D eigenvalue weighted by atomic mass is 9.74. The van der Waals surface area contributed by atoms with Crippen LogP contribution in [0.1, 0.15) is 37.9 Å². The normalized spacial score (nSPS) is 16.6. The molecule has 0 amide bonds. The zero-order valence-corrected chi connectivity index (χ0v) is 16.1. The van der Waals surface area contributed by atoms with Crippen molar-refractivity contribution in [2.45, 2.75) is 37.9 Å². The third-order valence-electron chi connectivity index (χ3n) is 5.65. The Balaban J connectivity index is 1.50. The molecule has 5 rings (SSSR count). The Labute approximate surface area is 167 Å². The molecule has 8 nitrogen and oxygen atoms in total. The Hall–Kier alpha value is -3.10. The number of rotatable bonds is 6. The van der Waals surface area contributed by atoms with Gasteiger partial charge in [0.1, 0.15) is 12.4 Å². The van der Waals surface area contributed by atoms with Crippen molar-refractivity contribution < 1.29 is 9.84 Å². The molecular formula is C21H22N6O2. The third-order valence-corrected chi connectivity index (χ3v) is 5.65. The van der Waals surface area contributed by atoms with Gasteiger partial charge >= 0.3 is 0 Å². The average Bonchev–Trinajstić information content (AvgIpc) is 3.40. The van der Waals surface area contributed by atoms with Crippen molar-refractivity contribution in [3.63, 3.8) is 0 Å². The first-order chi connectivity index (χ1) is 14.2. The highest BCUT2D eigenvalue weighted by molar-refractivity contribution is 5.77. The van der Waals surface area contributed by atoms with Gasteiger partial charge in [-0.05, 0) is 44.4 Å². The Morgan fingerprint density at radius 1 is 1.24 bits per heavy atom. The maximum atomic E-state index is 10.9. The summed E-state index contributed by atoms with van der Waals surface area (Å²) in [5.74, 6) is 0.698. The number of nitrogens with one attached hydrogen (secondary N) is 1. The summed E-state index contributed by atoms with van der Waals surface area (Å²) in [5.41, 5.74) is 2.81. The number of aromatic nitrogens is 6. The molecule has 1 atom stereocenters. The Bertz CT molecular complexity index is 1130. The maximum Gasteiger partial charge on any atom is 0.162 e. The van der Waals surface area contributed by atoms with Crippen LogP contribution in [0.5, 0.6) is 0 Å². The van der Waals surface area contributed by atoms with Gasteiger partial charge in [0.05, 0.1) is 17.5 Å². The van der Waals surface area contributed by atoms with E-state index < -0.39 is 11.7 Å². The van der Waals surface area contributed by atoms with Crippen molar-refractivity contribution in [3.8, 4) is 17.1 Å². The molecule has 148 valence electrons. The van der Waals surface area contributed by atoms with Crippen molar-refractivity contribution in [2.75, 3.05) is 6.61 Å². The lowest BCUT2D eigenvalue weighted by molar-refractivity contribution is -0.167. The summed E-state index contributed by atoms with van der Waals surface area (Å²) in [6, 6.07) is 9.81. The summed E-state index contributed by atoms with van der Waals surface area (Å²) >= 11 is 0. The topological polar surface area (TPSA) is 102 Å². The van der Waals surface area contributed by atoms with Gasteiger partial charge < -0.3 is 9.84 Å². The molecule has 4 aromatic rings. The van der Waals surface area contributed by atoms with Crippen LogP contribution in [0, 0.1) is 0 Å². The van der Waals surface area contributed by atoms with E-state index in [0.717, 1.165) is 47.1 Å². The highest BCUT2D eigenvalue weighted by atomic mass is 16.5. The monoisotopic (exact) mass is 390 g/mol. The molecule has 0 bridgehead atoms. The fourth-order valence-electron chi connectivity index (χ4n) is 4.02. The van der Waals surface area contributed by atoms with Gasteiger partial charge in [0.2, 0.25) is 0 Å². The lowest BCUT2D eigenvalue weighted by Gasteiger charge is -2.45. The second-order valence-corrected chi connectivity index (χ2v) is 7.38. The van der Waals surface area contributed by atoms with Crippen LogP contribution in [0.3, 0.4) is 0 Å². The third kappa shape index (κ3) is 3.01. The highest BCUT2D eigenvalue weighted by Gasteiger charge is 2.45. The average molecular weight is 390 g/mol. The van der Waals surface area contributed by atoms with E-state index in [-0.39, 0.29) is 0 Å². The van der Waals surface area contributed by atoms with E-state index >= 15 is 0 Å². The molecule has 1 saturated carbocycles. The molecule has 1 fully saturated rings. The summed E-state index contributed by atoms with van der Waals surface area (Å²) in [5, 5.41) is 23.1. The lowest BCUT2D eigenvalue weighted by Crippen LogP contribution is -2.46. The molecule has 3 aromatic heterocycles. The number of H-pyrrole nitrogens is 1. The van der Waals surface area contributed by atoms with E-state index in [1.165, 1.54) is 6.33 Å². The first-order valence-corrected chi connectivity index (χ1v) is 9.82. The number of aliphatic hydroxyl groups is 1. The Kier molecular flexibility index (Phi) is 4.37. The van der Waals surface area contributed by atoms with E-state index in [2.05, 4.69) is 25.3 Å². The van der Waals surface area contributed by atoms with E-state index in [1.807, 2.05) is 37.3 Å². The molecule has 1 aromatic carbocycles. The zero-order valence-electron chi connectivity index (χ0n) is 16.1. The zero-order chi connectivity index (χ0) is 19.8. The molecule has 0 unspecified atom stereocenters. The minimum absolute atomic E-state index is 0.481. The van der Waals surface area contributed by atoms with Gasteiger partial charge in [-0.25, -0.2) is 14.6 Å². The van der Waals surface area contributed by atoms with Gasteiger partial charge in [0.15, 0.2) is 11.5 Å². The molecule has 3 heterocycles. The highest BCUT2D eigenvalue weighted by Crippen LogP contribution is 2.45. The summed E-state index contributed by atoms with van der Waals surface area (Å²) in [4.78, 5) is 8.81. The Morgan fingerprint density at radius 3 is 2.86 bits per heavy atom. The second-order valence-electron chi connectivity index (χ2n) is 7.38. The molecule has 1 aliphatic carbocycles. The number of aromatic amines is 1. The van der Waals surface area contributed by atoms with Crippen LogP contribution in [-0.2, 0) is 4.74 Å². The number of ether oxygens (including phenoxy) is 1. The van der Waals surface area contributed by atoms with E-state index in [0.29, 0.717) is 12.4 Å². The van der Waals surface area contributed by atoms with Crippen LogP contribution in [0.4, 0.5) is 0 Å². The molecule has 1 aliphatic rings. The van der Waals surface area contributed by atoms with Crippen molar-refractivity contribution >= 4 is 11.0 Å². The smallest absolute Gasteiger partial charge is 0.162 e. The van der Waals surface area contributed by atoms with Gasteiger partial charge in [-0.15, -0.1) is 0 Å². The van der Waals surface area contributed by atoms with Gasteiger partial charge in [0, 0.05) is 29.3 Å². The number of benzene rings is 1. The van der Waals surface area contributed by atoms with Crippen molar-refractivity contribution in [1.82, 2.24) is 29.9 Å². The summed E-state index contributed by atoms with van der Waals surface area (Å²) < 4.78 is 7.69. The first-order valence-electron chi connectivity index (χ1n) is 9.82. The minimum Gasteiger partial charge on any atom is -0.385 e. The van der Waals surface area contributed by atoms with E-state index in [1.54, 1.807) is 17.1 Å². The molecule has 29 heavy (non-hydrogen) atoms. The predicted octanol–water partition coefficient (Wildman–Crippen LogP) is 3.20. The summed E-state index contributed by atoms with van der Waals surface area (Å²) in [6.07, 6.45) is 7.11. The quantitative estimate of drug-likeness (QED) is 0.524. The van der Waals surface area contributed by atoms with E-state index in [4.69, 9.17) is 4.74 Å². The van der Waals surface area contributed by atoms with Crippen LogP contribution in [0.2, 0.25) is 0 Å². The SMILES string of the molecule is CCOC1([C@H](O)c2cnc3c(cnn3-c3cccc(-c4ncn[nH]4)c3)c2)CCC1. The van der Waals surface area contributed by atoms with Crippen molar-refractivity contribution in [1.29, 1.82) is 0 Å². The molecule has 0 aliphatic heterocycles. The molecular weight excluding hydrogens is 368 g/mol. The van der Waals surface area contributed by atoms with Crippen LogP contribution >= 0.6 is 0 Å². The summed E-state index contributed by atoms with van der Waals surface area (Å²) in [7, 11) is 0. The molecule has 2 N–H and O–H groups in total. The Morgan fingerprint density at radius 2 is 2.14 bits per heavy atom. The molecule has 0 radical (unpaired) electrons. The van der Waals surface area contributed by atoms with Gasteiger partial charge in [-0.1, -0.05) is 12.1 Å². The number of aliphatic hydroxyl groups excluding tert-OH is 1. The van der Waals surface area contributed by atoms with Gasteiger partial charge in [-0.2, -0.15) is 10.2 Å². The minimum atomic E-state index is -0.689. The van der Waals surface area contributed by atoms with Crippen molar-refractivity contribution in [3.05, 3.63) is 54.6 Å². The maximum absolute atomic E-state index is 10.9. The number of pyridine rings is 1. The van der Waals surface area contributed by atoms with E-state index in [9.17, 15) is 5.11 Å². The largest absolute Gasteiger partial charge is 0.385 e. The van der Waals surface area contributed by atoms with Crippen LogP contribution in [0.25, 0.3) is 28.1 Å². The van der Waals surface area contributed by atoms with Crippen LogP contribution < -0.4 is 0 Å². The second kappa shape index (κ2) is 7.06. The first kappa shape index (κ1) is 18.0. The van der Waals surface area contributed by atoms with Crippen LogP contribution in [-0.4, -0.2) is 47.3 Å². The van der Waals surface area contributed by atoms with Crippen molar-refractivity contribution in [2.24, 2.45) is 0 Å². The fourth-order valence-corrected chi connectivity index (χ4v) is 4.02. The standard InChI is InChI=1S/C21H22N6O2/c1-2-29-21(7-4-8-21)18(28)15-9-16-12-25-27(20(16)22-11-15)17-6-3-5-14(10-17)19-23-13-24-26-19/h3,5-6,9-13,18,28H,2,4,7-8H2,1H3,(H,23,24,26)/t18-/m1/s1. The molecule has 0 saturated heterocycles.